The van der Waals surface area contributed by atoms with Crippen LogP contribution in [0.4, 0.5) is 0 Å². The molecule has 2 heterocycles. The van der Waals surface area contributed by atoms with Crippen LogP contribution in [0.5, 0.6) is 0 Å². The molecule has 0 aliphatic carbocycles. The third-order valence-corrected chi connectivity index (χ3v) is 5.56. The summed E-state index contributed by atoms with van der Waals surface area (Å²) >= 11 is 0. The predicted molar refractivity (Wildman–Crippen MR) is 68.7 cm³/mol. The molecule has 2 aliphatic heterocycles. The van der Waals surface area contributed by atoms with Gasteiger partial charge in [-0.3, -0.25) is 4.90 Å². The minimum absolute atomic E-state index is 0.275. The lowest BCUT2D eigenvalue weighted by Crippen LogP contribution is -2.50. The molecule has 17 heavy (non-hydrogen) atoms. The summed E-state index contributed by atoms with van der Waals surface area (Å²) in [5, 5.41) is 0. The zero-order chi connectivity index (χ0) is 12.3. The molecule has 2 aliphatic rings. The first-order valence-corrected chi connectivity index (χ1v) is 8.30. The van der Waals surface area contributed by atoms with Crippen molar-refractivity contribution in [3.8, 4) is 0 Å². The second-order valence-corrected chi connectivity index (χ2v) is 7.31. The Balaban J connectivity index is 1.76. The summed E-state index contributed by atoms with van der Waals surface area (Å²) < 4.78 is 22.9. The van der Waals surface area contributed by atoms with Crippen molar-refractivity contribution in [2.45, 2.75) is 18.9 Å². The molecule has 100 valence electrons. The van der Waals surface area contributed by atoms with E-state index in [-0.39, 0.29) is 6.04 Å². The molecule has 0 spiro atoms. The van der Waals surface area contributed by atoms with Crippen molar-refractivity contribution in [1.29, 1.82) is 0 Å². The average molecular weight is 261 g/mol. The molecule has 2 N–H and O–H groups in total. The van der Waals surface area contributed by atoms with Gasteiger partial charge in [0.25, 0.3) is 0 Å². The van der Waals surface area contributed by atoms with Crippen LogP contribution in [0.15, 0.2) is 0 Å². The number of hydrogen-bond donors (Lipinski definition) is 1. The van der Waals surface area contributed by atoms with E-state index in [4.69, 9.17) is 5.73 Å². The van der Waals surface area contributed by atoms with Gasteiger partial charge in [0.05, 0.1) is 11.5 Å². The van der Waals surface area contributed by atoms with Gasteiger partial charge in [-0.05, 0) is 25.9 Å². The third-order valence-electron chi connectivity index (χ3n) is 3.81. The second-order valence-electron chi connectivity index (χ2n) is 5.08. The summed E-state index contributed by atoms with van der Waals surface area (Å²) in [5.41, 5.74) is 5.50. The number of rotatable bonds is 4. The zero-order valence-corrected chi connectivity index (χ0v) is 11.2. The SMILES string of the molecule is NCCCN1CCN(C2CCS(=O)(=O)C2)CC1. The van der Waals surface area contributed by atoms with Crippen LogP contribution in [0.3, 0.4) is 0 Å². The van der Waals surface area contributed by atoms with Gasteiger partial charge < -0.3 is 10.6 Å². The fraction of sp³-hybridized carbons (Fsp3) is 1.00. The molecule has 1 atom stereocenters. The molecule has 0 aromatic heterocycles. The second kappa shape index (κ2) is 5.65. The van der Waals surface area contributed by atoms with E-state index in [9.17, 15) is 8.42 Å². The van der Waals surface area contributed by atoms with Crippen molar-refractivity contribution >= 4 is 9.84 Å². The van der Waals surface area contributed by atoms with Gasteiger partial charge in [0.1, 0.15) is 0 Å². The first-order valence-electron chi connectivity index (χ1n) is 6.47. The summed E-state index contributed by atoms with van der Waals surface area (Å²) in [5.74, 6) is 0.751. The van der Waals surface area contributed by atoms with E-state index >= 15 is 0 Å². The van der Waals surface area contributed by atoms with E-state index < -0.39 is 9.84 Å². The molecule has 0 bridgehead atoms. The van der Waals surface area contributed by atoms with Gasteiger partial charge >= 0.3 is 0 Å². The number of sulfone groups is 1. The Morgan fingerprint density at radius 2 is 1.88 bits per heavy atom. The molecule has 2 rings (SSSR count). The van der Waals surface area contributed by atoms with Crippen LogP contribution in [-0.2, 0) is 9.84 Å². The maximum Gasteiger partial charge on any atom is 0.151 e. The first-order chi connectivity index (χ1) is 8.11. The Labute approximate surface area is 104 Å². The van der Waals surface area contributed by atoms with Crippen LogP contribution in [-0.4, -0.2) is 75.0 Å². The summed E-state index contributed by atoms with van der Waals surface area (Å²) in [6.07, 6.45) is 1.88. The molecule has 0 amide bonds. The van der Waals surface area contributed by atoms with Gasteiger partial charge in [-0.2, -0.15) is 0 Å². The number of nitrogens with two attached hydrogens (primary N) is 1. The third kappa shape index (κ3) is 3.64. The smallest absolute Gasteiger partial charge is 0.151 e. The van der Waals surface area contributed by atoms with E-state index in [2.05, 4.69) is 9.80 Å². The van der Waals surface area contributed by atoms with Crippen molar-refractivity contribution < 1.29 is 8.42 Å². The molecule has 6 heteroatoms. The summed E-state index contributed by atoms with van der Waals surface area (Å²) in [7, 11) is -2.74. The molecule has 0 aromatic rings. The topological polar surface area (TPSA) is 66.6 Å². The van der Waals surface area contributed by atoms with Crippen LogP contribution in [0.25, 0.3) is 0 Å². The minimum atomic E-state index is -2.74. The molecule has 0 aromatic carbocycles. The molecule has 0 saturated carbocycles. The van der Waals surface area contributed by atoms with Gasteiger partial charge in [-0.25, -0.2) is 8.42 Å². The van der Waals surface area contributed by atoms with Crippen molar-refractivity contribution in [1.82, 2.24) is 9.80 Å². The Kier molecular flexibility index (Phi) is 4.41. The fourth-order valence-electron chi connectivity index (χ4n) is 2.73. The van der Waals surface area contributed by atoms with Gasteiger partial charge in [0.15, 0.2) is 9.84 Å². The highest BCUT2D eigenvalue weighted by Gasteiger charge is 2.33. The molecule has 2 saturated heterocycles. The van der Waals surface area contributed by atoms with Gasteiger partial charge in [0, 0.05) is 32.2 Å². The molecule has 5 nitrogen and oxygen atoms in total. The van der Waals surface area contributed by atoms with Crippen molar-refractivity contribution in [2.24, 2.45) is 5.73 Å². The van der Waals surface area contributed by atoms with Crippen LogP contribution in [0.2, 0.25) is 0 Å². The van der Waals surface area contributed by atoms with Gasteiger partial charge in [0.2, 0.25) is 0 Å². The number of hydrogen-bond acceptors (Lipinski definition) is 5. The quantitative estimate of drug-likeness (QED) is 0.713. The van der Waals surface area contributed by atoms with Crippen LogP contribution < -0.4 is 5.73 Å². The summed E-state index contributed by atoms with van der Waals surface area (Å²) in [6, 6.07) is 0.275. The summed E-state index contributed by atoms with van der Waals surface area (Å²) in [4.78, 5) is 4.77. The highest BCUT2D eigenvalue weighted by Crippen LogP contribution is 2.19. The van der Waals surface area contributed by atoms with Crippen molar-refractivity contribution in [3.05, 3.63) is 0 Å². The molecule has 0 radical (unpaired) electrons. The molecule has 2 fully saturated rings. The van der Waals surface area contributed by atoms with E-state index in [1.807, 2.05) is 0 Å². The average Bonchev–Trinajstić information content (AvgIpc) is 2.68. The number of piperazine rings is 1. The zero-order valence-electron chi connectivity index (χ0n) is 10.3. The van der Waals surface area contributed by atoms with Crippen LogP contribution >= 0.6 is 0 Å². The maximum atomic E-state index is 11.4. The van der Waals surface area contributed by atoms with Gasteiger partial charge in [-0.15, -0.1) is 0 Å². The lowest BCUT2D eigenvalue weighted by atomic mass is 10.2. The minimum Gasteiger partial charge on any atom is -0.330 e. The lowest BCUT2D eigenvalue weighted by Gasteiger charge is -2.37. The monoisotopic (exact) mass is 261 g/mol. The Bertz CT molecular complexity index is 337. The van der Waals surface area contributed by atoms with Gasteiger partial charge in [-0.1, -0.05) is 0 Å². The molecular weight excluding hydrogens is 238 g/mol. The summed E-state index contributed by atoms with van der Waals surface area (Å²) in [6.45, 7) is 5.94. The highest BCUT2D eigenvalue weighted by atomic mass is 32.2. The van der Waals surface area contributed by atoms with E-state index in [1.165, 1.54) is 0 Å². The highest BCUT2D eigenvalue weighted by molar-refractivity contribution is 7.91. The van der Waals surface area contributed by atoms with E-state index in [1.54, 1.807) is 0 Å². The van der Waals surface area contributed by atoms with E-state index in [0.717, 1.165) is 52.1 Å². The van der Waals surface area contributed by atoms with Crippen molar-refractivity contribution in [3.63, 3.8) is 0 Å². The lowest BCUT2D eigenvalue weighted by molar-refractivity contribution is 0.104. The van der Waals surface area contributed by atoms with Crippen LogP contribution in [0, 0.1) is 0 Å². The Morgan fingerprint density at radius 1 is 1.18 bits per heavy atom. The fourth-order valence-corrected chi connectivity index (χ4v) is 4.49. The standard InChI is InChI=1S/C11H23N3O2S/c12-3-1-4-13-5-7-14(8-6-13)11-2-9-17(15,16)10-11/h11H,1-10,12H2. The van der Waals surface area contributed by atoms with E-state index in [0.29, 0.717) is 11.5 Å². The Morgan fingerprint density at radius 3 is 2.41 bits per heavy atom. The largest absolute Gasteiger partial charge is 0.330 e. The first kappa shape index (κ1) is 13.3. The molecular formula is C11H23N3O2S. The molecule has 1 unspecified atom stereocenters. The number of nitrogens with zero attached hydrogens (tertiary/aromatic N) is 2. The Hall–Kier alpha value is -0.170. The maximum absolute atomic E-state index is 11.4. The van der Waals surface area contributed by atoms with Crippen molar-refractivity contribution in [2.75, 3.05) is 50.8 Å². The van der Waals surface area contributed by atoms with Crippen LogP contribution in [0.1, 0.15) is 12.8 Å². The predicted octanol–water partition coefficient (Wildman–Crippen LogP) is -0.860. The normalized spacial score (nSPS) is 30.8.